The number of hydrogen-bond acceptors (Lipinski definition) is 2. The van der Waals surface area contributed by atoms with Crippen LogP contribution < -0.4 is 0 Å². The molecule has 0 atom stereocenters. The second kappa shape index (κ2) is 2.99. The van der Waals surface area contributed by atoms with Crippen LogP contribution in [0.1, 0.15) is 5.69 Å². The molecule has 1 N–H and O–H groups in total. The zero-order chi connectivity index (χ0) is 9.42. The molecule has 2 aromatic heterocycles. The summed E-state index contributed by atoms with van der Waals surface area (Å²) in [5.41, 5.74) is 3.19. The predicted octanol–water partition coefficient (Wildman–Crippen LogP) is 1.88. The van der Waals surface area contributed by atoms with Gasteiger partial charge in [-0.05, 0) is 28.9 Å². The lowest BCUT2D eigenvalue weighted by molar-refractivity contribution is 0.768. The number of aryl methyl sites for hydroxylation is 2. The largest absolute Gasteiger partial charge is 0.282 e. The van der Waals surface area contributed by atoms with E-state index in [1.165, 1.54) is 0 Å². The quantitative estimate of drug-likeness (QED) is 0.828. The molecule has 0 aliphatic carbocycles. The van der Waals surface area contributed by atoms with Crippen molar-refractivity contribution in [2.24, 2.45) is 7.05 Å². The molecule has 0 saturated carbocycles. The van der Waals surface area contributed by atoms with Crippen LogP contribution in [0.3, 0.4) is 0 Å². The Kier molecular flexibility index (Phi) is 1.95. The summed E-state index contributed by atoms with van der Waals surface area (Å²) in [6.45, 7) is 1.99. The van der Waals surface area contributed by atoms with Crippen molar-refractivity contribution in [2.75, 3.05) is 0 Å². The molecule has 0 aliphatic heterocycles. The first-order valence-electron chi connectivity index (χ1n) is 3.88. The number of hydrogen-bond donors (Lipinski definition) is 1. The Morgan fingerprint density at radius 2 is 2.31 bits per heavy atom. The highest BCUT2D eigenvalue weighted by molar-refractivity contribution is 9.10. The molecule has 0 amide bonds. The number of nitrogens with zero attached hydrogens (tertiary/aromatic N) is 3. The smallest absolute Gasteiger partial charge is 0.128 e. The van der Waals surface area contributed by atoms with Crippen molar-refractivity contribution < 1.29 is 0 Å². The number of H-pyrrole nitrogens is 1. The van der Waals surface area contributed by atoms with Crippen LogP contribution in [0.2, 0.25) is 0 Å². The molecular formula is C8H9BrN4. The highest BCUT2D eigenvalue weighted by Gasteiger charge is 2.09. The summed E-state index contributed by atoms with van der Waals surface area (Å²) in [4.78, 5) is 0. The van der Waals surface area contributed by atoms with Crippen LogP contribution in [-0.2, 0) is 7.05 Å². The number of halogens is 1. The lowest BCUT2D eigenvalue weighted by Gasteiger charge is -1.97. The molecule has 0 spiro atoms. The van der Waals surface area contributed by atoms with Crippen molar-refractivity contribution in [3.8, 4) is 11.3 Å². The summed E-state index contributed by atoms with van der Waals surface area (Å²) in [6.07, 6.45) is 1.80. The van der Waals surface area contributed by atoms with Crippen LogP contribution in [0.4, 0.5) is 0 Å². The molecule has 0 unspecified atom stereocenters. The van der Waals surface area contributed by atoms with E-state index in [0.29, 0.717) is 0 Å². The molecule has 2 rings (SSSR count). The molecule has 2 aromatic rings. The molecule has 13 heavy (non-hydrogen) atoms. The first kappa shape index (κ1) is 8.50. The van der Waals surface area contributed by atoms with Gasteiger partial charge in [-0.25, -0.2) is 0 Å². The number of rotatable bonds is 1. The van der Waals surface area contributed by atoms with Crippen molar-refractivity contribution in [1.29, 1.82) is 0 Å². The van der Waals surface area contributed by atoms with Gasteiger partial charge in [-0.3, -0.25) is 9.78 Å². The first-order valence-corrected chi connectivity index (χ1v) is 4.67. The molecule has 0 aromatic carbocycles. The van der Waals surface area contributed by atoms with Crippen LogP contribution >= 0.6 is 15.9 Å². The fourth-order valence-electron chi connectivity index (χ4n) is 1.29. The number of aromatic nitrogens is 4. The predicted molar refractivity (Wildman–Crippen MR) is 53.2 cm³/mol. The van der Waals surface area contributed by atoms with Crippen LogP contribution in [0.5, 0.6) is 0 Å². The summed E-state index contributed by atoms with van der Waals surface area (Å²) >= 11 is 3.33. The van der Waals surface area contributed by atoms with Gasteiger partial charge in [-0.1, -0.05) is 0 Å². The van der Waals surface area contributed by atoms with E-state index in [1.807, 2.05) is 24.7 Å². The van der Waals surface area contributed by atoms with Gasteiger partial charge in [0, 0.05) is 18.3 Å². The van der Waals surface area contributed by atoms with Crippen LogP contribution in [0, 0.1) is 6.92 Å². The summed E-state index contributed by atoms with van der Waals surface area (Å²) in [6, 6.07) is 1.97. The van der Waals surface area contributed by atoms with Gasteiger partial charge in [0.15, 0.2) is 0 Å². The Hall–Kier alpha value is -1.10. The molecule has 68 valence electrons. The van der Waals surface area contributed by atoms with Crippen LogP contribution in [0.15, 0.2) is 16.9 Å². The van der Waals surface area contributed by atoms with Gasteiger partial charge < -0.3 is 0 Å². The van der Waals surface area contributed by atoms with Gasteiger partial charge >= 0.3 is 0 Å². The molecule has 0 saturated heterocycles. The van der Waals surface area contributed by atoms with Crippen LogP contribution in [0.25, 0.3) is 11.3 Å². The van der Waals surface area contributed by atoms with Crippen LogP contribution in [-0.4, -0.2) is 20.0 Å². The van der Waals surface area contributed by atoms with E-state index in [2.05, 4.69) is 31.2 Å². The lowest BCUT2D eigenvalue weighted by Crippen LogP contribution is -1.93. The summed E-state index contributed by atoms with van der Waals surface area (Å²) in [7, 11) is 1.91. The highest BCUT2D eigenvalue weighted by Crippen LogP contribution is 2.23. The minimum absolute atomic E-state index is 0.839. The van der Waals surface area contributed by atoms with Crippen molar-refractivity contribution in [3.63, 3.8) is 0 Å². The second-order valence-electron chi connectivity index (χ2n) is 2.88. The van der Waals surface area contributed by atoms with E-state index in [1.54, 1.807) is 6.20 Å². The second-order valence-corrected chi connectivity index (χ2v) is 3.70. The third-order valence-corrected chi connectivity index (χ3v) is 2.34. The van der Waals surface area contributed by atoms with E-state index >= 15 is 0 Å². The van der Waals surface area contributed by atoms with E-state index in [-0.39, 0.29) is 0 Å². The molecule has 2 heterocycles. The van der Waals surface area contributed by atoms with E-state index < -0.39 is 0 Å². The number of nitrogens with one attached hydrogen (secondary N) is 1. The summed E-state index contributed by atoms with van der Waals surface area (Å²) in [5.74, 6) is 0. The fraction of sp³-hybridized carbons (Fsp3) is 0.250. The third-order valence-electron chi connectivity index (χ3n) is 1.96. The molecule has 0 aliphatic rings. The van der Waals surface area contributed by atoms with E-state index in [4.69, 9.17) is 0 Å². The maximum Gasteiger partial charge on any atom is 0.128 e. The fourth-order valence-corrected chi connectivity index (χ4v) is 1.75. The van der Waals surface area contributed by atoms with Gasteiger partial charge in [0.2, 0.25) is 0 Å². The van der Waals surface area contributed by atoms with Gasteiger partial charge in [0.25, 0.3) is 0 Å². The molecular weight excluding hydrogens is 232 g/mol. The molecule has 5 heteroatoms. The third kappa shape index (κ3) is 1.39. The van der Waals surface area contributed by atoms with Gasteiger partial charge in [-0.2, -0.15) is 10.2 Å². The first-order chi connectivity index (χ1) is 6.18. The van der Waals surface area contributed by atoms with Gasteiger partial charge in [0.05, 0.1) is 11.9 Å². The molecule has 0 bridgehead atoms. The Morgan fingerprint density at radius 1 is 1.54 bits per heavy atom. The van der Waals surface area contributed by atoms with E-state index in [9.17, 15) is 0 Å². The topological polar surface area (TPSA) is 46.5 Å². The average Bonchev–Trinajstić information content (AvgIpc) is 2.58. The Balaban J connectivity index is 2.58. The van der Waals surface area contributed by atoms with Crippen molar-refractivity contribution in [3.05, 3.63) is 22.6 Å². The molecule has 4 nitrogen and oxygen atoms in total. The van der Waals surface area contributed by atoms with Crippen molar-refractivity contribution in [1.82, 2.24) is 20.0 Å². The molecule has 0 radical (unpaired) electrons. The highest BCUT2D eigenvalue weighted by atomic mass is 79.9. The normalized spacial score (nSPS) is 10.7. The lowest BCUT2D eigenvalue weighted by atomic mass is 10.2. The van der Waals surface area contributed by atoms with Gasteiger partial charge in [0.1, 0.15) is 4.60 Å². The van der Waals surface area contributed by atoms with Crippen molar-refractivity contribution in [2.45, 2.75) is 6.92 Å². The maximum absolute atomic E-state index is 4.20. The number of aromatic amines is 1. The zero-order valence-corrected chi connectivity index (χ0v) is 8.96. The monoisotopic (exact) mass is 240 g/mol. The zero-order valence-electron chi connectivity index (χ0n) is 7.37. The minimum atomic E-state index is 0.839. The molecule has 0 fully saturated rings. The summed E-state index contributed by atoms with van der Waals surface area (Å²) < 4.78 is 2.66. The Bertz CT molecular complexity index is 429. The SMILES string of the molecule is Cc1[nH]ncc1-c1cc(Br)nn1C. The van der Waals surface area contributed by atoms with E-state index in [0.717, 1.165) is 21.6 Å². The average molecular weight is 241 g/mol. The standard InChI is InChI=1S/C8H9BrN4/c1-5-6(4-10-11-5)7-3-8(9)12-13(7)2/h3-4H,1-2H3,(H,10,11). The summed E-state index contributed by atoms with van der Waals surface area (Å²) in [5, 5.41) is 11.1. The van der Waals surface area contributed by atoms with Gasteiger partial charge in [-0.15, -0.1) is 0 Å². The maximum atomic E-state index is 4.20. The Morgan fingerprint density at radius 3 is 2.77 bits per heavy atom. The minimum Gasteiger partial charge on any atom is -0.282 e. The van der Waals surface area contributed by atoms with Crippen molar-refractivity contribution >= 4 is 15.9 Å². The Labute approximate surface area is 84.1 Å².